The summed E-state index contributed by atoms with van der Waals surface area (Å²) in [5.41, 5.74) is 1.33. The number of anilines is 1. The van der Waals surface area contributed by atoms with Gasteiger partial charge < -0.3 is 15.4 Å². The van der Waals surface area contributed by atoms with Crippen LogP contribution in [-0.4, -0.2) is 30.9 Å². The van der Waals surface area contributed by atoms with Crippen LogP contribution in [0.25, 0.3) is 0 Å². The molecule has 2 rings (SSSR count). The Labute approximate surface area is 173 Å². The van der Waals surface area contributed by atoms with Crippen molar-refractivity contribution in [2.75, 3.05) is 18.5 Å². The van der Waals surface area contributed by atoms with Gasteiger partial charge in [-0.1, -0.05) is 32.9 Å². The van der Waals surface area contributed by atoms with E-state index in [4.69, 9.17) is 4.74 Å². The minimum absolute atomic E-state index is 0.0203. The summed E-state index contributed by atoms with van der Waals surface area (Å²) in [6, 6.07) is 9.87. The quantitative estimate of drug-likeness (QED) is 0.674. The molecule has 160 valence electrons. The Hall–Kier alpha value is -3.29. The van der Waals surface area contributed by atoms with E-state index in [2.05, 4.69) is 31.4 Å². The lowest BCUT2D eigenvalue weighted by Crippen LogP contribution is -2.28. The van der Waals surface area contributed by atoms with Crippen molar-refractivity contribution < 1.29 is 27.9 Å². The first-order valence-corrected chi connectivity index (χ1v) is 9.35. The van der Waals surface area contributed by atoms with Crippen molar-refractivity contribution in [3.05, 3.63) is 65.2 Å². The molecule has 0 spiro atoms. The maximum Gasteiger partial charge on any atom is 0.308 e. The van der Waals surface area contributed by atoms with Crippen molar-refractivity contribution in [3.8, 4) is 0 Å². The largest absolute Gasteiger partial charge is 0.456 e. The molecule has 0 bridgehead atoms. The molecule has 0 saturated carbocycles. The lowest BCUT2D eigenvalue weighted by molar-refractivity contribution is -0.147. The Kier molecular flexibility index (Phi) is 7.63. The third-order valence-electron chi connectivity index (χ3n) is 4.20. The summed E-state index contributed by atoms with van der Waals surface area (Å²) in [6.07, 6.45) is -0.135. The van der Waals surface area contributed by atoms with Crippen molar-refractivity contribution in [2.24, 2.45) is 0 Å². The summed E-state index contributed by atoms with van der Waals surface area (Å²) in [6.45, 7) is 5.63. The standard InChI is InChI=1S/C22H24F2N2O4/c1-22(2,3)15-6-4-14(5-7-15)21(29)25-11-10-20(28)30-13-19(27)26-18-9-8-16(23)12-17(18)24/h4-9,12H,10-11,13H2,1-3H3,(H,25,29)(H,26,27). The fraction of sp³-hybridized carbons (Fsp3) is 0.318. The van der Waals surface area contributed by atoms with Crippen LogP contribution in [-0.2, 0) is 19.7 Å². The number of halogens is 2. The maximum absolute atomic E-state index is 13.5. The Morgan fingerprint density at radius 1 is 1.00 bits per heavy atom. The third-order valence-corrected chi connectivity index (χ3v) is 4.20. The number of carbonyl (C=O) groups excluding carboxylic acids is 3. The van der Waals surface area contributed by atoms with Crippen LogP contribution in [0.2, 0.25) is 0 Å². The third kappa shape index (κ3) is 6.95. The second-order valence-corrected chi connectivity index (χ2v) is 7.67. The van der Waals surface area contributed by atoms with Crippen LogP contribution in [0.4, 0.5) is 14.5 Å². The van der Waals surface area contributed by atoms with Crippen molar-refractivity contribution in [1.82, 2.24) is 5.32 Å². The number of carbonyl (C=O) groups is 3. The second kappa shape index (κ2) is 9.96. The minimum atomic E-state index is -0.937. The zero-order valence-electron chi connectivity index (χ0n) is 17.1. The Balaban J connectivity index is 1.71. The van der Waals surface area contributed by atoms with Crippen LogP contribution in [0.15, 0.2) is 42.5 Å². The van der Waals surface area contributed by atoms with Crippen molar-refractivity contribution in [2.45, 2.75) is 32.6 Å². The van der Waals surface area contributed by atoms with E-state index in [9.17, 15) is 23.2 Å². The molecule has 30 heavy (non-hydrogen) atoms. The van der Waals surface area contributed by atoms with Gasteiger partial charge >= 0.3 is 5.97 Å². The Morgan fingerprint density at radius 3 is 2.27 bits per heavy atom. The molecule has 2 amide bonds. The number of ether oxygens (including phenoxy) is 1. The Morgan fingerprint density at radius 2 is 1.67 bits per heavy atom. The molecule has 0 aliphatic carbocycles. The van der Waals surface area contributed by atoms with Gasteiger partial charge in [-0.2, -0.15) is 0 Å². The first kappa shape index (κ1) is 23.0. The van der Waals surface area contributed by atoms with Crippen molar-refractivity contribution in [1.29, 1.82) is 0 Å². The second-order valence-electron chi connectivity index (χ2n) is 7.67. The van der Waals surface area contributed by atoms with Crippen molar-refractivity contribution in [3.63, 3.8) is 0 Å². The van der Waals surface area contributed by atoms with Gasteiger partial charge in [0.2, 0.25) is 0 Å². The van der Waals surface area contributed by atoms with Gasteiger partial charge in [-0.05, 0) is 35.2 Å². The highest BCUT2D eigenvalue weighted by Gasteiger charge is 2.15. The summed E-state index contributed by atoms with van der Waals surface area (Å²) in [4.78, 5) is 35.5. The van der Waals surface area contributed by atoms with E-state index in [1.165, 1.54) is 0 Å². The van der Waals surface area contributed by atoms with Crippen LogP contribution >= 0.6 is 0 Å². The number of benzene rings is 2. The molecule has 0 aliphatic rings. The van der Waals surface area contributed by atoms with E-state index >= 15 is 0 Å². The van der Waals surface area contributed by atoms with Gasteiger partial charge in [0.25, 0.3) is 11.8 Å². The van der Waals surface area contributed by atoms with Crippen molar-refractivity contribution >= 4 is 23.5 Å². The summed E-state index contributed by atoms with van der Waals surface area (Å²) in [5, 5.41) is 4.78. The van der Waals surface area contributed by atoms with Gasteiger partial charge in [0.15, 0.2) is 6.61 Å². The zero-order valence-corrected chi connectivity index (χ0v) is 17.1. The number of hydrogen-bond donors (Lipinski definition) is 2. The highest BCUT2D eigenvalue weighted by atomic mass is 19.1. The van der Waals surface area contributed by atoms with Gasteiger partial charge in [-0.15, -0.1) is 0 Å². The van der Waals surface area contributed by atoms with E-state index < -0.39 is 30.1 Å². The number of nitrogens with one attached hydrogen (secondary N) is 2. The van der Waals surface area contributed by atoms with Gasteiger partial charge in [0.1, 0.15) is 11.6 Å². The molecule has 0 aliphatic heterocycles. The molecule has 6 nitrogen and oxygen atoms in total. The molecular formula is C22H24F2N2O4. The smallest absolute Gasteiger partial charge is 0.308 e. The predicted molar refractivity (Wildman–Crippen MR) is 108 cm³/mol. The van der Waals surface area contributed by atoms with Crippen LogP contribution in [0, 0.1) is 11.6 Å². The highest BCUT2D eigenvalue weighted by molar-refractivity contribution is 5.94. The number of esters is 1. The summed E-state index contributed by atoms with van der Waals surface area (Å²) in [7, 11) is 0. The van der Waals surface area contributed by atoms with Crippen LogP contribution < -0.4 is 10.6 Å². The molecule has 8 heteroatoms. The van der Waals surface area contributed by atoms with Gasteiger partial charge in [0.05, 0.1) is 12.1 Å². The van der Waals surface area contributed by atoms with Gasteiger partial charge in [-0.25, -0.2) is 8.78 Å². The number of rotatable bonds is 7. The molecule has 2 aromatic rings. The summed E-state index contributed by atoms with van der Waals surface area (Å²) in [5.74, 6) is -3.50. The first-order chi connectivity index (χ1) is 14.1. The van der Waals surface area contributed by atoms with Gasteiger partial charge in [-0.3, -0.25) is 14.4 Å². The van der Waals surface area contributed by atoms with Crippen LogP contribution in [0.3, 0.4) is 0 Å². The monoisotopic (exact) mass is 418 g/mol. The number of amides is 2. The predicted octanol–water partition coefficient (Wildman–Crippen LogP) is 3.56. The lowest BCUT2D eigenvalue weighted by atomic mass is 9.87. The molecule has 0 radical (unpaired) electrons. The molecule has 2 N–H and O–H groups in total. The molecule has 0 fully saturated rings. The molecule has 0 aromatic heterocycles. The van der Waals surface area contributed by atoms with E-state index in [1.54, 1.807) is 12.1 Å². The van der Waals surface area contributed by atoms with E-state index in [0.29, 0.717) is 11.6 Å². The fourth-order valence-electron chi connectivity index (χ4n) is 2.50. The normalized spacial score (nSPS) is 11.0. The molecule has 0 unspecified atom stereocenters. The lowest BCUT2D eigenvalue weighted by Gasteiger charge is -2.19. The van der Waals surface area contributed by atoms with E-state index in [1.807, 2.05) is 12.1 Å². The Bertz CT molecular complexity index is 922. The maximum atomic E-state index is 13.5. The van der Waals surface area contributed by atoms with Crippen LogP contribution in [0.1, 0.15) is 43.1 Å². The SMILES string of the molecule is CC(C)(C)c1ccc(C(=O)NCCC(=O)OCC(=O)Nc2ccc(F)cc2F)cc1. The molecule has 0 atom stereocenters. The molecule has 2 aromatic carbocycles. The summed E-state index contributed by atoms with van der Waals surface area (Å²) >= 11 is 0. The fourth-order valence-corrected chi connectivity index (χ4v) is 2.50. The average Bonchev–Trinajstić information content (AvgIpc) is 2.68. The first-order valence-electron chi connectivity index (χ1n) is 9.35. The van der Waals surface area contributed by atoms with Gasteiger partial charge in [0, 0.05) is 18.2 Å². The highest BCUT2D eigenvalue weighted by Crippen LogP contribution is 2.22. The van der Waals surface area contributed by atoms with Crippen LogP contribution in [0.5, 0.6) is 0 Å². The average molecular weight is 418 g/mol. The molecular weight excluding hydrogens is 394 g/mol. The molecule has 0 heterocycles. The zero-order chi connectivity index (χ0) is 22.3. The topological polar surface area (TPSA) is 84.5 Å². The van der Waals surface area contributed by atoms with E-state index in [-0.39, 0.29) is 30.0 Å². The number of hydrogen-bond acceptors (Lipinski definition) is 4. The molecule has 0 saturated heterocycles. The van der Waals surface area contributed by atoms with E-state index in [0.717, 1.165) is 17.7 Å². The summed E-state index contributed by atoms with van der Waals surface area (Å²) < 4.78 is 31.1. The minimum Gasteiger partial charge on any atom is -0.456 e.